The lowest BCUT2D eigenvalue weighted by atomic mass is 10.5. The van der Waals surface area contributed by atoms with Crippen molar-refractivity contribution in [3.05, 3.63) is 18.0 Å². The summed E-state index contributed by atoms with van der Waals surface area (Å²) in [4.78, 5) is 0. The summed E-state index contributed by atoms with van der Waals surface area (Å²) in [6.07, 6.45) is 1.83. The van der Waals surface area contributed by atoms with Crippen LogP contribution in [0.2, 0.25) is 0 Å². The molecule has 0 fully saturated rings. The fourth-order valence-corrected chi connectivity index (χ4v) is 0.995. The summed E-state index contributed by atoms with van der Waals surface area (Å²) in [6.45, 7) is 7.17. The van der Waals surface area contributed by atoms with E-state index in [0.717, 1.165) is 19.6 Å². The van der Waals surface area contributed by atoms with Gasteiger partial charge in [-0.15, -0.1) is 0 Å². The number of aromatic nitrogens is 2. The highest BCUT2D eigenvalue weighted by Gasteiger charge is 1.93. The van der Waals surface area contributed by atoms with Gasteiger partial charge < -0.3 is 5.32 Å². The molecular weight excluding hydrogens is 138 g/mol. The number of rotatable bonds is 4. The van der Waals surface area contributed by atoms with Crippen LogP contribution >= 0.6 is 0 Å². The van der Waals surface area contributed by atoms with Crippen LogP contribution in [0.25, 0.3) is 0 Å². The minimum atomic E-state index is 0.965. The van der Waals surface area contributed by atoms with E-state index in [1.807, 2.05) is 16.9 Å². The zero-order valence-corrected chi connectivity index (χ0v) is 7.17. The Kier molecular flexibility index (Phi) is 3.11. The maximum absolute atomic E-state index is 4.16. The molecule has 0 aliphatic rings. The molecule has 62 valence electrons. The molecule has 3 nitrogen and oxygen atoms in total. The fourth-order valence-electron chi connectivity index (χ4n) is 0.995. The Labute approximate surface area is 67.4 Å². The molecule has 1 aromatic heterocycles. The van der Waals surface area contributed by atoms with Gasteiger partial charge in [0.05, 0.1) is 6.54 Å². The third-order valence-electron chi connectivity index (χ3n) is 1.68. The second kappa shape index (κ2) is 4.13. The lowest BCUT2D eigenvalue weighted by Crippen LogP contribution is -2.20. The standard InChI is InChI=1S/C8H15N3/c1-3-9-6-7-11-8(2)4-5-10-11/h4-5,9H,3,6-7H2,1-2H3. The van der Waals surface area contributed by atoms with Crippen molar-refractivity contribution in [2.45, 2.75) is 20.4 Å². The smallest absolute Gasteiger partial charge is 0.0537 e. The summed E-state index contributed by atoms with van der Waals surface area (Å²) >= 11 is 0. The maximum atomic E-state index is 4.16. The molecule has 0 aliphatic carbocycles. The normalized spacial score (nSPS) is 10.4. The molecule has 0 aromatic carbocycles. The van der Waals surface area contributed by atoms with Crippen LogP contribution in [-0.2, 0) is 6.54 Å². The van der Waals surface area contributed by atoms with Crippen LogP contribution in [-0.4, -0.2) is 22.9 Å². The second-order valence-corrected chi connectivity index (χ2v) is 2.55. The van der Waals surface area contributed by atoms with Crippen molar-refractivity contribution in [2.75, 3.05) is 13.1 Å². The van der Waals surface area contributed by atoms with E-state index in [1.165, 1.54) is 5.69 Å². The highest BCUT2D eigenvalue weighted by atomic mass is 15.3. The third-order valence-corrected chi connectivity index (χ3v) is 1.68. The van der Waals surface area contributed by atoms with Gasteiger partial charge in [0.1, 0.15) is 0 Å². The zero-order valence-electron chi connectivity index (χ0n) is 7.17. The van der Waals surface area contributed by atoms with Crippen LogP contribution in [0.1, 0.15) is 12.6 Å². The summed E-state index contributed by atoms with van der Waals surface area (Å²) in [5.74, 6) is 0. The first-order valence-corrected chi connectivity index (χ1v) is 4.03. The van der Waals surface area contributed by atoms with Gasteiger partial charge in [-0.1, -0.05) is 6.92 Å². The second-order valence-electron chi connectivity index (χ2n) is 2.55. The van der Waals surface area contributed by atoms with Crippen molar-refractivity contribution >= 4 is 0 Å². The van der Waals surface area contributed by atoms with Crippen LogP contribution in [0.4, 0.5) is 0 Å². The number of nitrogens with one attached hydrogen (secondary N) is 1. The van der Waals surface area contributed by atoms with Crippen LogP contribution in [0.3, 0.4) is 0 Å². The summed E-state index contributed by atoms with van der Waals surface area (Å²) in [7, 11) is 0. The van der Waals surface area contributed by atoms with E-state index in [0.29, 0.717) is 0 Å². The summed E-state index contributed by atoms with van der Waals surface area (Å²) < 4.78 is 2.00. The Bertz CT molecular complexity index is 205. The third kappa shape index (κ3) is 2.35. The monoisotopic (exact) mass is 153 g/mol. The Hall–Kier alpha value is -0.830. The lowest BCUT2D eigenvalue weighted by molar-refractivity contribution is 0.554. The summed E-state index contributed by atoms with van der Waals surface area (Å²) in [5.41, 5.74) is 1.22. The molecule has 0 aliphatic heterocycles. The van der Waals surface area contributed by atoms with Gasteiger partial charge in [0.25, 0.3) is 0 Å². The minimum absolute atomic E-state index is 0.965. The molecule has 0 unspecified atom stereocenters. The Morgan fingerprint density at radius 1 is 1.64 bits per heavy atom. The zero-order chi connectivity index (χ0) is 8.10. The van der Waals surface area contributed by atoms with Gasteiger partial charge in [0.2, 0.25) is 0 Å². The molecule has 3 heteroatoms. The van der Waals surface area contributed by atoms with Gasteiger partial charge in [-0.2, -0.15) is 5.10 Å². The van der Waals surface area contributed by atoms with Crippen molar-refractivity contribution in [2.24, 2.45) is 0 Å². The number of aryl methyl sites for hydroxylation is 1. The van der Waals surface area contributed by atoms with Crippen LogP contribution < -0.4 is 5.32 Å². The fraction of sp³-hybridized carbons (Fsp3) is 0.625. The molecule has 1 rings (SSSR count). The minimum Gasteiger partial charge on any atom is -0.315 e. The van der Waals surface area contributed by atoms with Crippen molar-refractivity contribution in [3.63, 3.8) is 0 Å². The molecule has 0 saturated carbocycles. The van der Waals surface area contributed by atoms with Gasteiger partial charge in [-0.3, -0.25) is 4.68 Å². The van der Waals surface area contributed by atoms with Crippen molar-refractivity contribution in [3.8, 4) is 0 Å². The molecule has 1 aromatic rings. The lowest BCUT2D eigenvalue weighted by Gasteiger charge is -2.03. The molecule has 0 spiro atoms. The van der Waals surface area contributed by atoms with Crippen LogP contribution in [0.5, 0.6) is 0 Å². The van der Waals surface area contributed by atoms with E-state index in [-0.39, 0.29) is 0 Å². The average molecular weight is 153 g/mol. The predicted molar refractivity (Wildman–Crippen MR) is 45.5 cm³/mol. The molecule has 1 heterocycles. The summed E-state index contributed by atoms with van der Waals surface area (Å²) in [5, 5.41) is 7.42. The predicted octanol–water partition coefficient (Wildman–Crippen LogP) is 0.801. The number of hydrogen-bond donors (Lipinski definition) is 1. The molecule has 0 atom stereocenters. The molecule has 0 amide bonds. The largest absolute Gasteiger partial charge is 0.315 e. The molecule has 0 saturated heterocycles. The highest BCUT2D eigenvalue weighted by Crippen LogP contribution is 1.93. The SMILES string of the molecule is CCNCCn1nccc1C. The Balaban J connectivity index is 2.32. The van der Waals surface area contributed by atoms with Crippen molar-refractivity contribution in [1.29, 1.82) is 0 Å². The number of likely N-dealkylation sites (N-methyl/N-ethyl adjacent to an activating group) is 1. The number of hydrogen-bond acceptors (Lipinski definition) is 2. The van der Waals surface area contributed by atoms with Gasteiger partial charge in [0.15, 0.2) is 0 Å². The van der Waals surface area contributed by atoms with Crippen molar-refractivity contribution < 1.29 is 0 Å². The van der Waals surface area contributed by atoms with Gasteiger partial charge in [0, 0.05) is 18.4 Å². The molecule has 11 heavy (non-hydrogen) atoms. The highest BCUT2D eigenvalue weighted by molar-refractivity contribution is 4.96. The molecule has 1 N–H and O–H groups in total. The number of nitrogens with zero attached hydrogens (tertiary/aromatic N) is 2. The topological polar surface area (TPSA) is 29.9 Å². The van der Waals surface area contributed by atoms with Crippen LogP contribution in [0, 0.1) is 6.92 Å². The van der Waals surface area contributed by atoms with E-state index in [2.05, 4.69) is 24.3 Å². The molecular formula is C8H15N3. The first kappa shape index (κ1) is 8.27. The van der Waals surface area contributed by atoms with Gasteiger partial charge in [-0.25, -0.2) is 0 Å². The first-order chi connectivity index (χ1) is 5.34. The summed E-state index contributed by atoms with van der Waals surface area (Å²) in [6, 6.07) is 2.02. The van der Waals surface area contributed by atoms with Crippen molar-refractivity contribution in [1.82, 2.24) is 15.1 Å². The van der Waals surface area contributed by atoms with E-state index < -0.39 is 0 Å². The molecule has 0 bridgehead atoms. The Morgan fingerprint density at radius 3 is 3.00 bits per heavy atom. The average Bonchev–Trinajstić information content (AvgIpc) is 2.37. The van der Waals surface area contributed by atoms with E-state index >= 15 is 0 Å². The van der Waals surface area contributed by atoms with Gasteiger partial charge >= 0.3 is 0 Å². The quantitative estimate of drug-likeness (QED) is 0.648. The first-order valence-electron chi connectivity index (χ1n) is 4.03. The molecule has 0 radical (unpaired) electrons. The van der Waals surface area contributed by atoms with E-state index in [1.54, 1.807) is 0 Å². The maximum Gasteiger partial charge on any atom is 0.0537 e. The van der Waals surface area contributed by atoms with Crippen LogP contribution in [0.15, 0.2) is 12.3 Å². The Morgan fingerprint density at radius 2 is 2.45 bits per heavy atom. The van der Waals surface area contributed by atoms with E-state index in [4.69, 9.17) is 0 Å². The van der Waals surface area contributed by atoms with Gasteiger partial charge in [-0.05, 0) is 19.5 Å². The van der Waals surface area contributed by atoms with E-state index in [9.17, 15) is 0 Å².